The van der Waals surface area contributed by atoms with Gasteiger partial charge in [0.15, 0.2) is 0 Å². The fraction of sp³-hybridized carbons (Fsp3) is 0.622. The predicted octanol–water partition coefficient (Wildman–Crippen LogP) is 0.469. The fourth-order valence-corrected chi connectivity index (χ4v) is 10.8. The molecule has 5 aliphatic rings. The van der Waals surface area contributed by atoms with Crippen molar-refractivity contribution in [2.75, 3.05) is 105 Å². The van der Waals surface area contributed by atoms with Crippen LogP contribution < -0.4 is 74.3 Å². The molecule has 9 rings (SSSR count). The molecular weight excluding hydrogens is 1740 g/mol. The summed E-state index contributed by atoms with van der Waals surface area (Å²) in [5, 5.41) is 28.0. The van der Waals surface area contributed by atoms with E-state index in [1.165, 1.54) is 5.56 Å². The molecule has 4 amide bonds. The minimum atomic E-state index is -5.94. The number of benzene rings is 4. The van der Waals surface area contributed by atoms with E-state index < -0.39 is 49.6 Å². The zero-order valence-electron chi connectivity index (χ0n) is 66.1. The Kier molecular flexibility index (Phi) is 43.6. The minimum Gasteiger partial charge on any atom is -0.444 e. The number of alkyl halides is 1. The number of hydrogen-bond donors (Lipinski definition) is 3. The van der Waals surface area contributed by atoms with Gasteiger partial charge in [0.25, 0.3) is 0 Å². The van der Waals surface area contributed by atoms with Gasteiger partial charge in [0.1, 0.15) is 42.5 Å². The average Bonchev–Trinajstić information content (AvgIpc) is 1.63. The fourth-order valence-electron chi connectivity index (χ4n) is 9.87. The van der Waals surface area contributed by atoms with Crippen LogP contribution in [0, 0.1) is 0 Å². The Balaban J connectivity index is 0.000000361. The number of hydrogen-bond acceptors (Lipinski definition) is 24. The van der Waals surface area contributed by atoms with Crippen LogP contribution >= 0.6 is 47.8 Å². The molecule has 0 aromatic heterocycles. The number of morpholine rings is 4. The van der Waals surface area contributed by atoms with E-state index in [1.54, 1.807) is 43.9 Å². The van der Waals surface area contributed by atoms with Gasteiger partial charge in [0.05, 0.1) is 134 Å². The van der Waals surface area contributed by atoms with Crippen LogP contribution in [0.15, 0.2) is 106 Å². The molecule has 0 radical (unpaired) electrons. The second-order valence-electron chi connectivity index (χ2n) is 30.6. The zero-order chi connectivity index (χ0) is 80.8. The molecule has 35 heteroatoms. The second-order valence-corrected chi connectivity index (χ2v) is 35.2. The normalized spacial score (nSPS) is 19.2. The van der Waals surface area contributed by atoms with Gasteiger partial charge in [-0.3, -0.25) is 13.7 Å². The number of nitrogens with zero attached hydrogens (tertiary/aromatic N) is 4. The molecule has 109 heavy (non-hydrogen) atoms. The Morgan fingerprint density at radius 1 is 0.477 bits per heavy atom. The van der Waals surface area contributed by atoms with Gasteiger partial charge in [0.2, 0.25) is 0 Å². The third kappa shape index (κ3) is 42.2. The third-order valence-electron chi connectivity index (χ3n) is 15.8. The largest absolute Gasteiger partial charge is 1.00 e. The number of aliphatic hydroxyl groups is 1. The standard InChI is InChI=1S/C23H36BNO6.C17H26BNO6.C17H24BrNO4.C10H19NO4.C7H6Br2.IO4.Na/c1-21(2,3)29-20(26)25-12-13-28-19(14-25)16-27-15-17-8-10-18(11-9-17)24-30-22(4,5)23(6,7)31-24;1-17(2,3)25-16(20)19-8-9-24-15(10-19)12-23-11-13-4-6-14(7-5-13)18(21)22;1-17(2,3)23-16(20)19-8-9-22-15(10-19)12-21-11-13-4-6-14(18)7-5-13;1-10(2,3)15-9(13)11-4-5-14-8(6-11)7-12;8-5-6-1-3-7(9)4-2-6;2-1(3,4)5;/h8-11,19H,12-16H2,1-7H3;4-7,15,21-22H,8-12H2,1-3H3;4-7,15H,8-12H2,1-3H3;8,12H,4-7H2,1-3H3;1-4H,5H2;;/q;;;;;-1;+1. The van der Waals surface area contributed by atoms with Crippen LogP contribution in [0.3, 0.4) is 0 Å². The van der Waals surface area contributed by atoms with Gasteiger partial charge in [-0.15, -0.1) is 0 Å². The SMILES string of the molecule is BrCc1ccc(Br)cc1.CC(C)(C)OC(=O)N1CCOC(CO)C1.CC(C)(C)OC(=O)N1CCOC(COCc2ccc(B(O)O)cc2)C1.CC(C)(C)OC(=O)N1CCOC(COCc2ccc(B3OC(C)(C)C(C)(C)O3)cc2)C1.CC(C)(C)OC(=O)N1CCOC(COCc2ccc(Br)cc2)C1.[Na+].[O-][I+3]([O-])([O-])[O-]. The Labute approximate surface area is 697 Å². The van der Waals surface area contributed by atoms with E-state index >= 15 is 0 Å². The van der Waals surface area contributed by atoms with Crippen LogP contribution in [0.1, 0.15) is 133 Å². The van der Waals surface area contributed by atoms with Crippen molar-refractivity contribution in [3.05, 3.63) is 128 Å². The van der Waals surface area contributed by atoms with Crippen molar-refractivity contribution in [3.63, 3.8) is 0 Å². The molecule has 606 valence electrons. The Bertz CT molecular complexity index is 3270. The average molecular weight is 1850 g/mol. The summed E-state index contributed by atoms with van der Waals surface area (Å²) in [6, 6.07) is 31.2. The van der Waals surface area contributed by atoms with Crippen molar-refractivity contribution in [2.45, 2.75) is 194 Å². The van der Waals surface area contributed by atoms with Gasteiger partial charge >= 0.3 is 68.2 Å². The molecule has 5 aliphatic heterocycles. The van der Waals surface area contributed by atoms with Gasteiger partial charge in [0, 0.05) is 40.5 Å². The quantitative estimate of drug-likeness (QED) is 0.0594. The summed E-state index contributed by atoms with van der Waals surface area (Å²) in [4.78, 5) is 54.7. The number of carbonyl (C=O) groups is 4. The van der Waals surface area contributed by atoms with Crippen molar-refractivity contribution in [2.24, 2.45) is 0 Å². The minimum absolute atomic E-state index is 0. The van der Waals surface area contributed by atoms with E-state index in [2.05, 4.69) is 59.9 Å². The molecule has 5 saturated heterocycles. The monoisotopic (exact) mass is 1850 g/mol. The molecule has 3 N–H and O–H groups in total. The van der Waals surface area contributed by atoms with E-state index in [4.69, 9.17) is 90.3 Å². The summed E-state index contributed by atoms with van der Waals surface area (Å²) in [6.45, 7) is 38.7. The van der Waals surface area contributed by atoms with E-state index in [0.29, 0.717) is 124 Å². The molecule has 0 aliphatic carbocycles. The predicted molar refractivity (Wildman–Crippen MR) is 406 cm³/mol. The van der Waals surface area contributed by atoms with E-state index in [9.17, 15) is 19.2 Å². The molecule has 28 nitrogen and oxygen atoms in total. The van der Waals surface area contributed by atoms with Crippen LogP contribution in [0.25, 0.3) is 0 Å². The van der Waals surface area contributed by atoms with Crippen LogP contribution in [0.4, 0.5) is 19.2 Å². The summed E-state index contributed by atoms with van der Waals surface area (Å²) in [7, 11) is -1.83. The first-order valence-corrected chi connectivity index (χ1v) is 41.7. The number of aliphatic hydroxyl groups excluding tert-OH is 1. The van der Waals surface area contributed by atoms with Crippen molar-refractivity contribution in [3.8, 4) is 0 Å². The Morgan fingerprint density at radius 2 is 0.734 bits per heavy atom. The van der Waals surface area contributed by atoms with Crippen LogP contribution in [-0.2, 0) is 86.6 Å². The number of amides is 4. The van der Waals surface area contributed by atoms with E-state index in [1.807, 2.05) is 171 Å². The van der Waals surface area contributed by atoms with Crippen molar-refractivity contribution < 1.29 is 159 Å². The van der Waals surface area contributed by atoms with Gasteiger partial charge in [-0.1, -0.05) is 121 Å². The van der Waals surface area contributed by atoms with E-state index in [-0.39, 0.29) is 103 Å². The Morgan fingerprint density at radius 3 is 1.00 bits per heavy atom. The third-order valence-corrected chi connectivity index (χ3v) is 17.6. The smallest absolute Gasteiger partial charge is 0.444 e. The van der Waals surface area contributed by atoms with E-state index in [0.717, 1.165) is 36.4 Å². The maximum atomic E-state index is 12.3. The summed E-state index contributed by atoms with van der Waals surface area (Å²) in [6.07, 6.45) is -2.04. The van der Waals surface area contributed by atoms with Gasteiger partial charge in [-0.2, -0.15) is 0 Å². The first-order valence-electron chi connectivity index (χ1n) is 35.5. The maximum absolute atomic E-state index is 12.3. The molecule has 4 unspecified atom stereocenters. The van der Waals surface area contributed by atoms with Gasteiger partial charge in [-0.05, 0) is 168 Å². The molecule has 5 fully saturated rings. The first-order chi connectivity index (χ1) is 50.2. The van der Waals surface area contributed by atoms with Gasteiger partial charge < -0.3 is 96.2 Å². The summed E-state index contributed by atoms with van der Waals surface area (Å²) >= 11 is 4.19. The molecular formula is C74H111B2Br3IN4NaO24. The molecule has 0 spiro atoms. The van der Waals surface area contributed by atoms with Crippen LogP contribution in [-0.4, -0.2) is 237 Å². The molecule has 5 heterocycles. The summed E-state index contributed by atoms with van der Waals surface area (Å²) < 4.78 is 110. The van der Waals surface area contributed by atoms with Crippen molar-refractivity contribution >= 4 is 97.3 Å². The van der Waals surface area contributed by atoms with Crippen molar-refractivity contribution in [1.29, 1.82) is 0 Å². The van der Waals surface area contributed by atoms with Crippen molar-refractivity contribution in [1.82, 2.24) is 19.6 Å². The molecule has 0 bridgehead atoms. The topological polar surface area (TPSA) is 354 Å². The number of rotatable bonds is 16. The Hall–Kier alpha value is -3.38. The van der Waals surface area contributed by atoms with Crippen LogP contribution in [0.5, 0.6) is 0 Å². The van der Waals surface area contributed by atoms with Gasteiger partial charge in [-0.25, -0.2) is 19.2 Å². The number of carbonyl (C=O) groups excluding carboxylic acids is 4. The maximum Gasteiger partial charge on any atom is 1.00 e. The first kappa shape index (κ1) is 99.8. The number of halogens is 4. The van der Waals surface area contributed by atoms with Crippen LogP contribution in [0.2, 0.25) is 0 Å². The number of ether oxygens (including phenoxy) is 11. The molecule has 4 aromatic carbocycles. The zero-order valence-corrected chi connectivity index (χ0v) is 75.0. The summed E-state index contributed by atoms with van der Waals surface area (Å²) in [5.41, 5.74) is 3.12. The summed E-state index contributed by atoms with van der Waals surface area (Å²) in [5.74, 6) is 0. The molecule has 4 aromatic rings. The second kappa shape index (κ2) is 47.6. The molecule has 4 atom stereocenters. The molecule has 0 saturated carbocycles.